The summed E-state index contributed by atoms with van der Waals surface area (Å²) in [4.78, 5) is 0. The van der Waals surface area contributed by atoms with Crippen LogP contribution in [-0.2, 0) is 0 Å². The van der Waals surface area contributed by atoms with E-state index in [4.69, 9.17) is 0 Å². The second kappa shape index (κ2) is 7.38. The van der Waals surface area contributed by atoms with Crippen LogP contribution in [0.1, 0.15) is 67.2 Å². The van der Waals surface area contributed by atoms with Crippen molar-refractivity contribution >= 4 is 0 Å². The molecule has 4 unspecified atom stereocenters. The highest BCUT2D eigenvalue weighted by molar-refractivity contribution is 4.90. The van der Waals surface area contributed by atoms with Crippen LogP contribution in [-0.4, -0.2) is 22.4 Å². The summed E-state index contributed by atoms with van der Waals surface area (Å²) in [6.45, 7) is 12.6. The number of hydrogen-bond donors (Lipinski definition) is 2. The molecule has 2 heteroatoms. The second-order valence-corrected chi connectivity index (χ2v) is 5.96. The van der Waals surface area contributed by atoms with Crippen LogP contribution >= 0.6 is 0 Å². The third-order valence-electron chi connectivity index (χ3n) is 4.54. The van der Waals surface area contributed by atoms with Gasteiger partial charge in [-0.3, -0.25) is 0 Å². The third-order valence-corrected chi connectivity index (χ3v) is 4.54. The van der Waals surface area contributed by atoms with Gasteiger partial charge in [-0.15, -0.1) is 0 Å². The zero-order valence-electron chi connectivity index (χ0n) is 12.5. The van der Waals surface area contributed by atoms with Crippen LogP contribution in [0.15, 0.2) is 0 Å². The Morgan fingerprint density at radius 2 is 1.06 bits per heavy atom. The Morgan fingerprint density at radius 1 is 0.765 bits per heavy atom. The molecule has 0 rings (SSSR count). The van der Waals surface area contributed by atoms with Crippen molar-refractivity contribution in [2.45, 2.75) is 79.4 Å². The zero-order chi connectivity index (χ0) is 13.6. The van der Waals surface area contributed by atoms with Crippen LogP contribution in [0.3, 0.4) is 0 Å². The lowest BCUT2D eigenvalue weighted by molar-refractivity contribution is -0.0201. The van der Waals surface area contributed by atoms with Gasteiger partial charge in [0.2, 0.25) is 0 Å². The maximum atomic E-state index is 9.81. The monoisotopic (exact) mass is 244 g/mol. The molecule has 0 heterocycles. The molecule has 4 atom stereocenters. The molecular formula is C15H32O2. The summed E-state index contributed by atoms with van der Waals surface area (Å²) in [7, 11) is 0. The molecule has 104 valence electrons. The van der Waals surface area contributed by atoms with E-state index in [0.717, 1.165) is 25.7 Å². The largest absolute Gasteiger partial charge is 0.393 e. The predicted molar refractivity (Wildman–Crippen MR) is 73.9 cm³/mol. The smallest absolute Gasteiger partial charge is 0.0517 e. The van der Waals surface area contributed by atoms with Crippen molar-refractivity contribution in [1.29, 1.82) is 0 Å². The molecule has 0 fully saturated rings. The molecule has 0 aromatic rings. The molecule has 2 N–H and O–H groups in total. The fourth-order valence-corrected chi connectivity index (χ4v) is 3.29. The predicted octanol–water partition coefficient (Wildman–Crippen LogP) is 3.61. The quantitative estimate of drug-likeness (QED) is 0.685. The van der Waals surface area contributed by atoms with Crippen molar-refractivity contribution in [3.63, 3.8) is 0 Å². The first-order valence-electron chi connectivity index (χ1n) is 7.16. The summed E-state index contributed by atoms with van der Waals surface area (Å²) in [6.07, 6.45) is 3.20. The van der Waals surface area contributed by atoms with Gasteiger partial charge in [0, 0.05) is 0 Å². The highest BCUT2D eigenvalue weighted by Gasteiger charge is 2.41. The number of hydrogen-bond acceptors (Lipinski definition) is 2. The summed E-state index contributed by atoms with van der Waals surface area (Å²) in [5, 5.41) is 19.6. The molecular weight excluding hydrogens is 212 g/mol. The number of rotatable bonds is 8. The Hall–Kier alpha value is -0.0800. The summed E-state index contributed by atoms with van der Waals surface area (Å²) < 4.78 is 0. The van der Waals surface area contributed by atoms with E-state index in [9.17, 15) is 10.2 Å². The van der Waals surface area contributed by atoms with Crippen LogP contribution in [0, 0.1) is 17.3 Å². The lowest BCUT2D eigenvalue weighted by Crippen LogP contribution is -2.40. The molecule has 0 saturated heterocycles. The molecule has 0 bridgehead atoms. The SMILES string of the molecule is CCC(C)C(CC(C)O)(CC(C)O)C(C)CC. The fourth-order valence-electron chi connectivity index (χ4n) is 3.29. The Labute approximate surface area is 107 Å². The average Bonchev–Trinajstić information content (AvgIpc) is 2.24. The second-order valence-electron chi connectivity index (χ2n) is 5.96. The summed E-state index contributed by atoms with van der Waals surface area (Å²) in [6, 6.07) is 0. The minimum Gasteiger partial charge on any atom is -0.393 e. The Bertz CT molecular complexity index is 177. The third kappa shape index (κ3) is 4.59. The first-order valence-corrected chi connectivity index (χ1v) is 7.16. The van der Waals surface area contributed by atoms with E-state index < -0.39 is 0 Å². The molecule has 17 heavy (non-hydrogen) atoms. The molecule has 2 nitrogen and oxygen atoms in total. The molecule has 0 saturated carbocycles. The van der Waals surface area contributed by atoms with Gasteiger partial charge in [-0.2, -0.15) is 0 Å². The van der Waals surface area contributed by atoms with Crippen LogP contribution < -0.4 is 0 Å². The number of aliphatic hydroxyl groups excluding tert-OH is 2. The Morgan fingerprint density at radius 3 is 1.24 bits per heavy atom. The van der Waals surface area contributed by atoms with Gasteiger partial charge in [0.1, 0.15) is 0 Å². The van der Waals surface area contributed by atoms with Crippen molar-refractivity contribution < 1.29 is 10.2 Å². The van der Waals surface area contributed by atoms with E-state index in [0.29, 0.717) is 11.8 Å². The lowest BCUT2D eigenvalue weighted by Gasteiger charge is -2.46. The van der Waals surface area contributed by atoms with Crippen LogP contribution in [0.25, 0.3) is 0 Å². The summed E-state index contributed by atoms with van der Waals surface area (Å²) in [5.41, 5.74) is 0.0613. The van der Waals surface area contributed by atoms with Crippen LogP contribution in [0.5, 0.6) is 0 Å². The molecule has 0 amide bonds. The molecule has 0 aliphatic heterocycles. The molecule has 0 aliphatic rings. The minimum absolute atomic E-state index is 0.0613. The van der Waals surface area contributed by atoms with Crippen LogP contribution in [0.2, 0.25) is 0 Å². The Balaban J connectivity index is 5.19. The van der Waals surface area contributed by atoms with Gasteiger partial charge >= 0.3 is 0 Å². The van der Waals surface area contributed by atoms with Gasteiger partial charge in [-0.1, -0.05) is 40.5 Å². The average molecular weight is 244 g/mol. The maximum absolute atomic E-state index is 9.81. The van der Waals surface area contributed by atoms with Gasteiger partial charge in [0.15, 0.2) is 0 Å². The van der Waals surface area contributed by atoms with Gasteiger partial charge in [0.05, 0.1) is 12.2 Å². The Kier molecular flexibility index (Phi) is 7.34. The zero-order valence-corrected chi connectivity index (χ0v) is 12.5. The molecule has 0 spiro atoms. The van der Waals surface area contributed by atoms with E-state index >= 15 is 0 Å². The normalized spacial score (nSPS) is 22.6. The highest BCUT2D eigenvalue weighted by Crippen LogP contribution is 2.47. The van der Waals surface area contributed by atoms with E-state index in [1.165, 1.54) is 0 Å². The fraction of sp³-hybridized carbons (Fsp3) is 1.00. The summed E-state index contributed by atoms with van der Waals surface area (Å²) in [5.74, 6) is 1.06. The van der Waals surface area contributed by atoms with Crippen molar-refractivity contribution in [2.75, 3.05) is 0 Å². The first-order chi connectivity index (χ1) is 7.80. The van der Waals surface area contributed by atoms with Crippen molar-refractivity contribution in [3.8, 4) is 0 Å². The number of aliphatic hydroxyl groups is 2. The highest BCUT2D eigenvalue weighted by atomic mass is 16.3. The van der Waals surface area contributed by atoms with Crippen molar-refractivity contribution in [3.05, 3.63) is 0 Å². The molecule has 0 aliphatic carbocycles. The van der Waals surface area contributed by atoms with Gasteiger partial charge < -0.3 is 10.2 Å². The minimum atomic E-state index is -0.295. The summed E-state index contributed by atoms with van der Waals surface area (Å²) >= 11 is 0. The van der Waals surface area contributed by atoms with E-state index in [-0.39, 0.29) is 17.6 Å². The van der Waals surface area contributed by atoms with E-state index in [2.05, 4.69) is 27.7 Å². The maximum Gasteiger partial charge on any atom is 0.0517 e. The van der Waals surface area contributed by atoms with Crippen molar-refractivity contribution in [1.82, 2.24) is 0 Å². The first kappa shape index (κ1) is 16.9. The lowest BCUT2D eigenvalue weighted by atomic mass is 9.60. The molecule has 0 aromatic heterocycles. The standard InChI is InChI=1S/C15H32O2/c1-7-11(3)15(9-13(5)16,10-14(6)17)12(4)8-2/h11-14,16-17H,7-10H2,1-6H3. The van der Waals surface area contributed by atoms with E-state index in [1.807, 2.05) is 13.8 Å². The van der Waals surface area contributed by atoms with Crippen molar-refractivity contribution in [2.24, 2.45) is 17.3 Å². The topological polar surface area (TPSA) is 40.5 Å². The van der Waals surface area contributed by atoms with Crippen LogP contribution in [0.4, 0.5) is 0 Å². The molecule has 0 aromatic carbocycles. The van der Waals surface area contributed by atoms with Gasteiger partial charge in [-0.25, -0.2) is 0 Å². The van der Waals surface area contributed by atoms with Gasteiger partial charge in [0.25, 0.3) is 0 Å². The molecule has 0 radical (unpaired) electrons. The van der Waals surface area contributed by atoms with Gasteiger partial charge in [-0.05, 0) is 43.9 Å². The van der Waals surface area contributed by atoms with E-state index in [1.54, 1.807) is 0 Å².